The number of hydroxylamine groups is 2. The molecule has 1 atom stereocenters. The predicted octanol–water partition coefficient (Wildman–Crippen LogP) is 1.59. The fraction of sp³-hybridized carbons (Fsp3) is 0.571. The van der Waals surface area contributed by atoms with Crippen LogP contribution < -0.4 is 10.9 Å². The SMILES string of the molecule is O=CN(O)C[C@H](CCC1CC1)C(=O)NNc1nccc(C(F)(F)F)n1. The minimum absolute atomic E-state index is 0.181. The zero-order valence-corrected chi connectivity index (χ0v) is 13.2. The third-order valence-electron chi connectivity index (χ3n) is 3.76. The van der Waals surface area contributed by atoms with Gasteiger partial charge in [-0.1, -0.05) is 12.8 Å². The Morgan fingerprint density at radius 1 is 1.48 bits per heavy atom. The van der Waals surface area contributed by atoms with Crippen LogP contribution in [0, 0.1) is 11.8 Å². The first-order chi connectivity index (χ1) is 11.8. The van der Waals surface area contributed by atoms with E-state index in [4.69, 9.17) is 0 Å². The number of hydrogen-bond acceptors (Lipinski definition) is 6. The topological polar surface area (TPSA) is 107 Å². The standard InChI is InChI=1S/C14H18F3N5O3/c15-14(16,17)11-5-6-18-13(19-11)21-20-12(24)10(7-22(25)8-23)4-3-9-1-2-9/h5-6,8-10,25H,1-4,7H2,(H,20,24)(H,18,19,21)/t10-/m0/s1. The highest BCUT2D eigenvalue weighted by atomic mass is 19.4. The van der Waals surface area contributed by atoms with Crippen LogP contribution in [0.25, 0.3) is 0 Å². The van der Waals surface area contributed by atoms with Gasteiger partial charge >= 0.3 is 6.18 Å². The summed E-state index contributed by atoms with van der Waals surface area (Å²) in [5.74, 6) is -1.17. The summed E-state index contributed by atoms with van der Waals surface area (Å²) in [6, 6.07) is 0.708. The molecule has 1 aliphatic carbocycles. The molecule has 1 saturated carbocycles. The van der Waals surface area contributed by atoms with E-state index in [9.17, 15) is 28.0 Å². The van der Waals surface area contributed by atoms with Gasteiger partial charge in [-0.25, -0.2) is 15.0 Å². The number of carbonyl (C=O) groups excluding carboxylic acids is 2. The Balaban J connectivity index is 1.93. The number of carbonyl (C=O) groups is 2. The Kier molecular flexibility index (Phi) is 6.12. The Hall–Kier alpha value is -2.43. The third-order valence-corrected chi connectivity index (χ3v) is 3.76. The Labute approximate surface area is 141 Å². The molecule has 11 heteroatoms. The average molecular weight is 361 g/mol. The van der Waals surface area contributed by atoms with Crippen LogP contribution in [-0.2, 0) is 15.8 Å². The van der Waals surface area contributed by atoms with Gasteiger partial charge in [0.2, 0.25) is 18.3 Å². The first-order valence-electron chi connectivity index (χ1n) is 7.66. The van der Waals surface area contributed by atoms with Gasteiger partial charge in [-0.3, -0.25) is 25.6 Å². The third kappa shape index (κ3) is 6.18. The lowest BCUT2D eigenvalue weighted by Crippen LogP contribution is -2.40. The molecule has 1 aromatic rings. The number of alkyl halides is 3. The van der Waals surface area contributed by atoms with Crippen LogP contribution in [-0.4, -0.2) is 39.1 Å². The molecule has 8 nitrogen and oxygen atoms in total. The lowest BCUT2D eigenvalue weighted by molar-refractivity contribution is -0.154. The Morgan fingerprint density at radius 3 is 2.80 bits per heavy atom. The molecule has 1 aromatic heterocycles. The van der Waals surface area contributed by atoms with Crippen LogP contribution in [0.3, 0.4) is 0 Å². The van der Waals surface area contributed by atoms with Crippen molar-refractivity contribution >= 4 is 18.3 Å². The normalized spacial score (nSPS) is 15.4. The summed E-state index contributed by atoms with van der Waals surface area (Å²) >= 11 is 0. The van der Waals surface area contributed by atoms with E-state index in [2.05, 4.69) is 20.8 Å². The van der Waals surface area contributed by atoms with Crippen LogP contribution in [0.15, 0.2) is 12.3 Å². The maximum absolute atomic E-state index is 12.6. The number of halogens is 3. The number of amides is 2. The van der Waals surface area contributed by atoms with Gasteiger partial charge in [0.1, 0.15) is 5.69 Å². The van der Waals surface area contributed by atoms with E-state index in [1.54, 1.807) is 0 Å². The van der Waals surface area contributed by atoms with E-state index < -0.39 is 29.6 Å². The number of hydrazine groups is 1. The number of nitrogens with one attached hydrogen (secondary N) is 2. The highest BCUT2D eigenvalue weighted by Crippen LogP contribution is 2.34. The molecular weight excluding hydrogens is 343 g/mol. The second-order valence-corrected chi connectivity index (χ2v) is 5.82. The lowest BCUT2D eigenvalue weighted by Gasteiger charge is -2.19. The molecule has 138 valence electrons. The quantitative estimate of drug-likeness (QED) is 0.350. The Morgan fingerprint density at radius 2 is 2.20 bits per heavy atom. The summed E-state index contributed by atoms with van der Waals surface area (Å²) in [6.45, 7) is -0.215. The van der Waals surface area contributed by atoms with Gasteiger partial charge in [0.05, 0.1) is 12.5 Å². The van der Waals surface area contributed by atoms with Crippen LogP contribution in [0.2, 0.25) is 0 Å². The molecule has 0 bridgehead atoms. The van der Waals surface area contributed by atoms with Gasteiger partial charge in [0, 0.05) is 6.20 Å². The van der Waals surface area contributed by atoms with Gasteiger partial charge in [0.25, 0.3) is 0 Å². The second-order valence-electron chi connectivity index (χ2n) is 5.82. The molecule has 0 saturated heterocycles. The van der Waals surface area contributed by atoms with E-state index in [1.807, 2.05) is 0 Å². The maximum atomic E-state index is 12.6. The average Bonchev–Trinajstić information content (AvgIpc) is 3.40. The maximum Gasteiger partial charge on any atom is 0.433 e. The van der Waals surface area contributed by atoms with E-state index in [0.717, 1.165) is 25.5 Å². The van der Waals surface area contributed by atoms with Crippen LogP contribution in [0.4, 0.5) is 19.1 Å². The fourth-order valence-corrected chi connectivity index (χ4v) is 2.21. The lowest BCUT2D eigenvalue weighted by atomic mass is 10.0. The van der Waals surface area contributed by atoms with Crippen LogP contribution >= 0.6 is 0 Å². The van der Waals surface area contributed by atoms with E-state index in [1.165, 1.54) is 0 Å². The summed E-state index contributed by atoms with van der Waals surface area (Å²) in [5.41, 5.74) is 3.29. The molecule has 2 rings (SSSR count). The van der Waals surface area contributed by atoms with Gasteiger partial charge in [-0.2, -0.15) is 13.2 Å². The molecule has 0 aromatic carbocycles. The van der Waals surface area contributed by atoms with Gasteiger partial charge in [-0.05, 0) is 24.8 Å². The molecule has 1 heterocycles. The molecule has 0 spiro atoms. The molecule has 0 radical (unpaired) electrons. The van der Waals surface area contributed by atoms with Crippen LogP contribution in [0.5, 0.6) is 0 Å². The minimum Gasteiger partial charge on any atom is -0.286 e. The molecule has 0 unspecified atom stereocenters. The highest BCUT2D eigenvalue weighted by molar-refractivity contribution is 5.80. The summed E-state index contributed by atoms with van der Waals surface area (Å²) in [4.78, 5) is 29.6. The summed E-state index contributed by atoms with van der Waals surface area (Å²) in [7, 11) is 0. The van der Waals surface area contributed by atoms with Crippen molar-refractivity contribution in [3.8, 4) is 0 Å². The zero-order chi connectivity index (χ0) is 18.4. The fourth-order valence-electron chi connectivity index (χ4n) is 2.21. The molecule has 1 fully saturated rings. The smallest absolute Gasteiger partial charge is 0.286 e. The van der Waals surface area contributed by atoms with Crippen LogP contribution in [0.1, 0.15) is 31.4 Å². The predicted molar refractivity (Wildman–Crippen MR) is 78.8 cm³/mol. The summed E-state index contributed by atoms with van der Waals surface area (Å²) in [5, 5.41) is 9.64. The first kappa shape index (κ1) is 18.9. The van der Waals surface area contributed by atoms with E-state index in [0.29, 0.717) is 23.5 Å². The zero-order valence-electron chi connectivity index (χ0n) is 13.2. The van der Waals surface area contributed by atoms with Gasteiger partial charge in [0.15, 0.2) is 0 Å². The van der Waals surface area contributed by atoms with Crippen molar-refractivity contribution in [2.24, 2.45) is 11.8 Å². The number of hydrogen-bond donors (Lipinski definition) is 3. The minimum atomic E-state index is -4.63. The number of anilines is 1. The van der Waals surface area contributed by atoms with Crippen molar-refractivity contribution < 1.29 is 28.0 Å². The van der Waals surface area contributed by atoms with Gasteiger partial charge < -0.3 is 0 Å². The largest absolute Gasteiger partial charge is 0.433 e. The monoisotopic (exact) mass is 361 g/mol. The molecule has 1 aliphatic rings. The van der Waals surface area contributed by atoms with E-state index in [-0.39, 0.29) is 13.0 Å². The second kappa shape index (κ2) is 8.10. The summed E-state index contributed by atoms with van der Waals surface area (Å²) in [6.07, 6.45) is -0.158. The number of nitrogens with zero attached hydrogens (tertiary/aromatic N) is 3. The molecule has 0 aliphatic heterocycles. The molecule has 2 amide bonds. The van der Waals surface area contributed by atoms with Crippen molar-refractivity contribution in [1.82, 2.24) is 20.5 Å². The van der Waals surface area contributed by atoms with Crippen molar-refractivity contribution in [3.05, 3.63) is 18.0 Å². The first-order valence-corrected chi connectivity index (χ1v) is 7.66. The Bertz CT molecular complexity index is 610. The molecule has 3 N–H and O–H groups in total. The van der Waals surface area contributed by atoms with Crippen molar-refractivity contribution in [2.45, 2.75) is 31.9 Å². The van der Waals surface area contributed by atoms with E-state index >= 15 is 0 Å². The molecular formula is C14H18F3N5O3. The van der Waals surface area contributed by atoms with Crippen molar-refractivity contribution in [1.29, 1.82) is 0 Å². The summed E-state index contributed by atoms with van der Waals surface area (Å²) < 4.78 is 37.8. The van der Waals surface area contributed by atoms with Crippen molar-refractivity contribution in [3.63, 3.8) is 0 Å². The van der Waals surface area contributed by atoms with Gasteiger partial charge in [-0.15, -0.1) is 0 Å². The van der Waals surface area contributed by atoms with Crippen molar-refractivity contribution in [2.75, 3.05) is 12.0 Å². The number of aromatic nitrogens is 2. The molecule has 25 heavy (non-hydrogen) atoms. The number of rotatable bonds is 9. The highest BCUT2D eigenvalue weighted by Gasteiger charge is 2.33.